The molecule has 0 radical (unpaired) electrons. The molecule has 0 aromatic heterocycles. The van der Waals surface area contributed by atoms with Crippen LogP contribution in [-0.4, -0.2) is 74.9 Å². The summed E-state index contributed by atoms with van der Waals surface area (Å²) in [5.74, 6) is -0.908. The molecule has 0 spiro atoms. The molecule has 10 heteroatoms. The van der Waals surface area contributed by atoms with E-state index in [9.17, 15) is 19.0 Å². The quantitative estimate of drug-likeness (QED) is 0.0211. The van der Waals surface area contributed by atoms with Crippen LogP contribution in [0.5, 0.6) is 0 Å². The minimum absolute atomic E-state index is 0.0114. The van der Waals surface area contributed by atoms with E-state index in [0.29, 0.717) is 17.4 Å². The first-order valence-corrected chi connectivity index (χ1v) is 28.1. The van der Waals surface area contributed by atoms with Crippen LogP contribution >= 0.6 is 7.82 Å². The number of quaternary nitrogens is 1. The Hall–Kier alpha value is -3.33. The van der Waals surface area contributed by atoms with Crippen molar-refractivity contribution in [3.63, 3.8) is 0 Å². The van der Waals surface area contributed by atoms with Crippen molar-refractivity contribution in [2.24, 2.45) is 0 Å². The van der Waals surface area contributed by atoms with Gasteiger partial charge >= 0.3 is 19.8 Å². The van der Waals surface area contributed by atoms with Crippen molar-refractivity contribution in [3.05, 3.63) is 109 Å². The second kappa shape index (κ2) is 48.7. The molecule has 0 saturated carbocycles. The molecule has 2 atom stereocenters. The van der Waals surface area contributed by atoms with Crippen LogP contribution in [0.4, 0.5) is 0 Å². The molecular weight excluding hydrogens is 870 g/mol. The lowest BCUT2D eigenvalue weighted by atomic mass is 10.1. The molecule has 0 saturated heterocycles. The lowest BCUT2D eigenvalue weighted by molar-refractivity contribution is -0.870. The fourth-order valence-corrected chi connectivity index (χ4v) is 7.44. The third-order valence-corrected chi connectivity index (χ3v) is 11.8. The third-order valence-electron chi connectivity index (χ3n) is 10.8. The number of phosphoric ester groups is 1. The van der Waals surface area contributed by atoms with Crippen molar-refractivity contribution in [2.75, 3.05) is 47.5 Å². The van der Waals surface area contributed by atoms with Gasteiger partial charge in [-0.25, -0.2) is 4.57 Å². The number of ether oxygens (including phenoxy) is 2. The Bertz CT molecular complexity index is 1520. The maximum Gasteiger partial charge on any atom is 0.472 e. The molecule has 9 nitrogen and oxygen atoms in total. The Labute approximate surface area is 416 Å². The maximum atomic E-state index is 12.7. The summed E-state index contributed by atoms with van der Waals surface area (Å²) in [6.45, 7) is 4.20. The topological polar surface area (TPSA) is 108 Å². The number of likely N-dealkylation sites (N-methyl/N-ethyl adjacent to an activating group) is 1. The predicted octanol–water partition coefficient (Wildman–Crippen LogP) is 16.2. The number of carbonyl (C=O) groups is 2. The van der Waals surface area contributed by atoms with Crippen LogP contribution in [0.3, 0.4) is 0 Å². The summed E-state index contributed by atoms with van der Waals surface area (Å²) in [6.07, 6.45) is 67.4. The van der Waals surface area contributed by atoms with Crippen molar-refractivity contribution in [1.82, 2.24) is 0 Å². The zero-order valence-electron chi connectivity index (χ0n) is 43.8. The molecule has 0 aromatic carbocycles. The average molecular weight is 969 g/mol. The smallest absolute Gasteiger partial charge is 0.462 e. The first-order chi connectivity index (χ1) is 33.0. The monoisotopic (exact) mass is 969 g/mol. The molecule has 0 bridgehead atoms. The SMILES string of the molecule is CC/C=C\C/C=C\C/C=C\C/C=C\C/C=C\C/C=C\CCC(=O)OC(COC(=O)CCCCCCCCCCCC/C=C\C/C=C\C/C=C\CCCCCCC)COP(=O)(O)OCC[N+](C)(C)C. The molecule has 388 valence electrons. The molecule has 0 heterocycles. The van der Waals surface area contributed by atoms with Gasteiger partial charge in [-0.1, -0.05) is 200 Å². The number of phosphoric acid groups is 1. The normalized spacial score (nSPS) is 14.3. The Kier molecular flexibility index (Phi) is 46.3. The van der Waals surface area contributed by atoms with Crippen molar-refractivity contribution >= 4 is 19.8 Å². The highest BCUT2D eigenvalue weighted by Gasteiger charge is 2.27. The number of unbranched alkanes of at least 4 members (excludes halogenated alkanes) is 15. The van der Waals surface area contributed by atoms with Crippen LogP contribution in [-0.2, 0) is 32.7 Å². The second-order valence-electron chi connectivity index (χ2n) is 18.5. The highest BCUT2D eigenvalue weighted by Crippen LogP contribution is 2.43. The summed E-state index contributed by atoms with van der Waals surface area (Å²) in [4.78, 5) is 35.5. The predicted molar refractivity (Wildman–Crippen MR) is 288 cm³/mol. The first-order valence-electron chi connectivity index (χ1n) is 26.6. The van der Waals surface area contributed by atoms with Gasteiger partial charge in [0.15, 0.2) is 6.10 Å². The molecule has 0 amide bonds. The molecule has 1 N–H and O–H groups in total. The fourth-order valence-electron chi connectivity index (χ4n) is 6.69. The van der Waals surface area contributed by atoms with Gasteiger partial charge in [0.25, 0.3) is 0 Å². The van der Waals surface area contributed by atoms with Gasteiger partial charge in [0, 0.05) is 12.8 Å². The van der Waals surface area contributed by atoms with E-state index in [-0.39, 0.29) is 26.1 Å². The summed E-state index contributed by atoms with van der Waals surface area (Å²) in [7, 11) is 1.41. The van der Waals surface area contributed by atoms with E-state index in [1.54, 1.807) is 0 Å². The summed E-state index contributed by atoms with van der Waals surface area (Å²) < 4.78 is 34.4. The van der Waals surface area contributed by atoms with Gasteiger partial charge in [-0.05, 0) is 89.9 Å². The minimum Gasteiger partial charge on any atom is -0.462 e. The fraction of sp³-hybridized carbons (Fsp3) is 0.655. The lowest BCUT2D eigenvalue weighted by Gasteiger charge is -2.24. The van der Waals surface area contributed by atoms with Crippen LogP contribution in [0.25, 0.3) is 0 Å². The zero-order valence-corrected chi connectivity index (χ0v) is 44.7. The van der Waals surface area contributed by atoms with Gasteiger partial charge in [-0.15, -0.1) is 0 Å². The first kappa shape index (κ1) is 64.7. The Balaban J connectivity index is 4.34. The van der Waals surface area contributed by atoms with E-state index in [2.05, 4.69) is 111 Å². The largest absolute Gasteiger partial charge is 0.472 e. The molecule has 68 heavy (non-hydrogen) atoms. The molecule has 0 aliphatic carbocycles. The van der Waals surface area contributed by atoms with Crippen molar-refractivity contribution in [1.29, 1.82) is 0 Å². The third kappa shape index (κ3) is 52.0. The van der Waals surface area contributed by atoms with Crippen molar-refractivity contribution in [3.8, 4) is 0 Å². The number of hydrogen-bond acceptors (Lipinski definition) is 7. The number of rotatable bonds is 47. The molecule has 0 aromatic rings. The Morgan fingerprint density at radius 1 is 0.471 bits per heavy atom. The molecular formula is C58H99NO8P+. The van der Waals surface area contributed by atoms with Crippen LogP contribution in [0.1, 0.15) is 194 Å². The molecule has 0 aliphatic rings. The Morgan fingerprint density at radius 3 is 1.31 bits per heavy atom. The van der Waals surface area contributed by atoms with Gasteiger partial charge in [-0.3, -0.25) is 18.6 Å². The highest BCUT2D eigenvalue weighted by atomic mass is 31.2. The maximum absolute atomic E-state index is 12.7. The van der Waals surface area contributed by atoms with E-state index in [0.717, 1.165) is 83.5 Å². The van der Waals surface area contributed by atoms with Gasteiger partial charge in [0.1, 0.15) is 19.8 Å². The number of hydrogen-bond donors (Lipinski definition) is 1. The zero-order chi connectivity index (χ0) is 49.9. The van der Waals surface area contributed by atoms with Crippen molar-refractivity contribution in [2.45, 2.75) is 200 Å². The molecule has 2 unspecified atom stereocenters. The Morgan fingerprint density at radius 2 is 0.868 bits per heavy atom. The summed E-state index contributed by atoms with van der Waals surface area (Å²) in [5, 5.41) is 0. The number of allylic oxidation sites excluding steroid dienone is 18. The van der Waals surface area contributed by atoms with Crippen LogP contribution in [0.2, 0.25) is 0 Å². The van der Waals surface area contributed by atoms with E-state index < -0.39 is 32.5 Å². The van der Waals surface area contributed by atoms with Crippen LogP contribution < -0.4 is 0 Å². The summed E-state index contributed by atoms with van der Waals surface area (Å²) >= 11 is 0. The molecule has 0 rings (SSSR count). The van der Waals surface area contributed by atoms with E-state index in [1.165, 1.54) is 77.0 Å². The van der Waals surface area contributed by atoms with E-state index in [4.69, 9.17) is 18.5 Å². The van der Waals surface area contributed by atoms with Crippen LogP contribution in [0.15, 0.2) is 109 Å². The molecule has 0 fully saturated rings. The number of carbonyl (C=O) groups excluding carboxylic acids is 2. The highest BCUT2D eigenvalue weighted by molar-refractivity contribution is 7.47. The summed E-state index contributed by atoms with van der Waals surface area (Å²) in [6, 6.07) is 0. The lowest BCUT2D eigenvalue weighted by Crippen LogP contribution is -2.37. The van der Waals surface area contributed by atoms with Crippen LogP contribution in [0, 0.1) is 0 Å². The van der Waals surface area contributed by atoms with Gasteiger partial charge < -0.3 is 18.9 Å². The molecule has 0 aliphatic heterocycles. The minimum atomic E-state index is -4.41. The number of nitrogens with zero attached hydrogens (tertiary/aromatic N) is 1. The second-order valence-corrected chi connectivity index (χ2v) is 20.0. The van der Waals surface area contributed by atoms with Crippen molar-refractivity contribution < 1.29 is 42.1 Å². The number of esters is 2. The summed E-state index contributed by atoms with van der Waals surface area (Å²) in [5.41, 5.74) is 0. The van der Waals surface area contributed by atoms with E-state index in [1.807, 2.05) is 33.3 Å². The van der Waals surface area contributed by atoms with E-state index >= 15 is 0 Å². The standard InChI is InChI=1S/C58H98NO8P/c1-6-8-10-12-14-16-18-20-22-24-26-27-28-29-30-31-33-34-36-38-40-42-44-46-48-50-57(60)64-54-56(55-66-68(62,63)65-53-52-59(3,4)5)67-58(61)51-49-47-45-43-41-39-37-35-32-25-23-21-19-17-15-13-11-9-7-2/h9,11,15,17-18,20-21,23-24,26,28-29,32,35,39,41,45,47,56H,6-8,10,12-14,16,19,22,25,27,30-31,33-34,36-38,40,42-44,46,48-55H2,1-5H3/p+1/b11-9-,17-15-,20-18-,23-21-,26-24-,29-28-,35-32-,41-39-,47-45-. The van der Waals surface area contributed by atoms with Gasteiger partial charge in [0.2, 0.25) is 0 Å². The average Bonchev–Trinajstić information content (AvgIpc) is 3.30. The van der Waals surface area contributed by atoms with Gasteiger partial charge in [-0.2, -0.15) is 0 Å². The van der Waals surface area contributed by atoms with Gasteiger partial charge in [0.05, 0.1) is 27.7 Å².